The van der Waals surface area contributed by atoms with Crippen LogP contribution in [-0.4, -0.2) is 31.2 Å². The first-order chi connectivity index (χ1) is 7.26. The van der Waals surface area contributed by atoms with Crippen LogP contribution in [0.3, 0.4) is 0 Å². The zero-order valence-electron chi connectivity index (χ0n) is 8.91. The third-order valence-corrected chi connectivity index (χ3v) is 1.78. The average Bonchev–Trinajstić information content (AvgIpc) is 2.27. The summed E-state index contributed by atoms with van der Waals surface area (Å²) in [6, 6.07) is 1.89. The number of rotatable bonds is 5. The molecule has 1 aromatic heterocycles. The van der Waals surface area contributed by atoms with Crippen LogP contribution in [0.5, 0.6) is 0 Å². The van der Waals surface area contributed by atoms with Gasteiger partial charge in [-0.2, -0.15) is 0 Å². The number of nitrogens with one attached hydrogen (secondary N) is 2. The van der Waals surface area contributed by atoms with Gasteiger partial charge < -0.3 is 15.4 Å². The van der Waals surface area contributed by atoms with E-state index in [1.54, 1.807) is 12.4 Å². The van der Waals surface area contributed by atoms with E-state index in [1.165, 1.54) is 7.11 Å². The highest BCUT2D eigenvalue weighted by atomic mass is 16.5. The number of ether oxygens (including phenoxy) is 1. The Morgan fingerprint density at radius 3 is 2.67 bits per heavy atom. The van der Waals surface area contributed by atoms with Gasteiger partial charge in [-0.3, -0.25) is 9.78 Å². The molecule has 0 aliphatic heterocycles. The quantitative estimate of drug-likeness (QED) is 0.711. The number of nitrogens with zero attached hydrogens (tertiary/aromatic N) is 1. The summed E-state index contributed by atoms with van der Waals surface area (Å²) >= 11 is 0. The van der Waals surface area contributed by atoms with E-state index in [2.05, 4.69) is 20.4 Å². The van der Waals surface area contributed by atoms with Crippen molar-refractivity contribution >= 4 is 17.3 Å². The molecule has 0 saturated heterocycles. The van der Waals surface area contributed by atoms with Crippen LogP contribution < -0.4 is 10.6 Å². The number of anilines is 2. The molecule has 1 heterocycles. The maximum absolute atomic E-state index is 10.9. The highest BCUT2D eigenvalue weighted by molar-refractivity contribution is 5.75. The molecule has 1 rings (SSSR count). The fourth-order valence-corrected chi connectivity index (χ4v) is 1.08. The minimum Gasteiger partial charge on any atom is -0.468 e. The zero-order valence-corrected chi connectivity index (χ0v) is 8.91. The lowest BCUT2D eigenvalue weighted by molar-refractivity contribution is -0.138. The van der Waals surface area contributed by atoms with E-state index in [9.17, 15) is 4.79 Å². The number of aromatic nitrogens is 1. The summed E-state index contributed by atoms with van der Waals surface area (Å²) in [5, 5.41) is 6.05. The van der Waals surface area contributed by atoms with Gasteiger partial charge in [-0.1, -0.05) is 0 Å². The van der Waals surface area contributed by atoms with Crippen molar-refractivity contribution in [3.05, 3.63) is 18.5 Å². The van der Waals surface area contributed by atoms with E-state index < -0.39 is 0 Å². The van der Waals surface area contributed by atoms with Gasteiger partial charge in [0, 0.05) is 6.54 Å². The average molecular weight is 209 g/mol. The predicted molar refractivity (Wildman–Crippen MR) is 58.9 cm³/mol. The lowest BCUT2D eigenvalue weighted by Crippen LogP contribution is -2.15. The Balaban J connectivity index is 2.53. The Morgan fingerprint density at radius 2 is 2.07 bits per heavy atom. The highest BCUT2D eigenvalue weighted by Gasteiger charge is 2.00. The third-order valence-electron chi connectivity index (χ3n) is 1.78. The van der Waals surface area contributed by atoms with Crippen LogP contribution in [0.2, 0.25) is 0 Å². The fraction of sp³-hybridized carbons (Fsp3) is 0.400. The van der Waals surface area contributed by atoms with E-state index in [1.807, 2.05) is 13.0 Å². The van der Waals surface area contributed by atoms with Crippen molar-refractivity contribution in [2.24, 2.45) is 0 Å². The van der Waals surface area contributed by atoms with Gasteiger partial charge in [0.05, 0.1) is 30.9 Å². The molecular formula is C10H15N3O2. The fourth-order valence-electron chi connectivity index (χ4n) is 1.08. The molecule has 15 heavy (non-hydrogen) atoms. The molecule has 0 atom stereocenters. The van der Waals surface area contributed by atoms with Crippen molar-refractivity contribution in [3.8, 4) is 0 Å². The second-order valence-corrected chi connectivity index (χ2v) is 2.92. The Kier molecular flexibility index (Phi) is 4.40. The minimum atomic E-state index is -0.302. The van der Waals surface area contributed by atoms with Gasteiger partial charge in [-0.15, -0.1) is 0 Å². The number of carbonyl (C=O) groups is 1. The lowest BCUT2D eigenvalue weighted by Gasteiger charge is -2.07. The van der Waals surface area contributed by atoms with Crippen molar-refractivity contribution in [2.45, 2.75) is 6.92 Å². The summed E-state index contributed by atoms with van der Waals surface area (Å²) in [4.78, 5) is 14.9. The number of pyridine rings is 1. The van der Waals surface area contributed by atoms with Crippen molar-refractivity contribution < 1.29 is 9.53 Å². The van der Waals surface area contributed by atoms with Crippen LogP contribution in [0.4, 0.5) is 11.4 Å². The molecule has 5 nitrogen and oxygen atoms in total. The zero-order chi connectivity index (χ0) is 11.1. The highest BCUT2D eigenvalue weighted by Crippen LogP contribution is 2.12. The second kappa shape index (κ2) is 5.85. The van der Waals surface area contributed by atoms with E-state index in [4.69, 9.17) is 0 Å². The van der Waals surface area contributed by atoms with Crippen molar-refractivity contribution in [2.75, 3.05) is 30.8 Å². The van der Waals surface area contributed by atoms with E-state index in [0.29, 0.717) is 0 Å². The molecule has 0 spiro atoms. The molecule has 0 amide bonds. The number of hydrogen-bond donors (Lipinski definition) is 2. The molecule has 0 aliphatic rings. The molecule has 0 aliphatic carbocycles. The molecule has 82 valence electrons. The molecule has 2 N–H and O–H groups in total. The molecule has 0 unspecified atom stereocenters. The van der Waals surface area contributed by atoms with Gasteiger partial charge in [-0.25, -0.2) is 0 Å². The first-order valence-corrected chi connectivity index (χ1v) is 4.76. The topological polar surface area (TPSA) is 63.2 Å². The Labute approximate surface area is 88.9 Å². The molecule has 0 radical (unpaired) electrons. The summed E-state index contributed by atoms with van der Waals surface area (Å²) < 4.78 is 4.51. The van der Waals surface area contributed by atoms with Gasteiger partial charge >= 0.3 is 5.97 Å². The number of methoxy groups -OCH3 is 1. The Hall–Kier alpha value is -1.78. The summed E-state index contributed by atoms with van der Waals surface area (Å²) in [7, 11) is 1.36. The monoisotopic (exact) mass is 209 g/mol. The van der Waals surface area contributed by atoms with Crippen LogP contribution in [-0.2, 0) is 9.53 Å². The predicted octanol–water partition coefficient (Wildman–Crippen LogP) is 1.10. The van der Waals surface area contributed by atoms with Gasteiger partial charge in [0.25, 0.3) is 0 Å². The van der Waals surface area contributed by atoms with Gasteiger partial charge in [0.2, 0.25) is 0 Å². The Morgan fingerprint density at radius 1 is 1.40 bits per heavy atom. The smallest absolute Gasteiger partial charge is 0.325 e. The third kappa shape index (κ3) is 3.84. The molecule has 0 aromatic carbocycles. The maximum Gasteiger partial charge on any atom is 0.325 e. The second-order valence-electron chi connectivity index (χ2n) is 2.92. The van der Waals surface area contributed by atoms with Crippen LogP contribution in [0, 0.1) is 0 Å². The van der Waals surface area contributed by atoms with Crippen molar-refractivity contribution in [3.63, 3.8) is 0 Å². The van der Waals surface area contributed by atoms with Gasteiger partial charge in [-0.05, 0) is 13.0 Å². The van der Waals surface area contributed by atoms with Crippen molar-refractivity contribution in [1.82, 2.24) is 4.98 Å². The van der Waals surface area contributed by atoms with Crippen LogP contribution in [0.15, 0.2) is 18.5 Å². The van der Waals surface area contributed by atoms with E-state index in [-0.39, 0.29) is 12.5 Å². The molecule has 5 heteroatoms. The van der Waals surface area contributed by atoms with Crippen LogP contribution >= 0.6 is 0 Å². The van der Waals surface area contributed by atoms with E-state index >= 15 is 0 Å². The van der Waals surface area contributed by atoms with Crippen molar-refractivity contribution in [1.29, 1.82) is 0 Å². The summed E-state index contributed by atoms with van der Waals surface area (Å²) in [6.45, 7) is 2.99. The molecule has 0 saturated carbocycles. The Bertz CT molecular complexity index is 328. The standard InChI is InChI=1S/C10H15N3O2/c1-3-12-8-4-9(6-11-5-8)13-7-10(14)15-2/h4-6,12-13H,3,7H2,1-2H3. The number of esters is 1. The summed E-state index contributed by atoms with van der Waals surface area (Å²) in [5.41, 5.74) is 1.71. The first-order valence-electron chi connectivity index (χ1n) is 4.76. The molecule has 0 fully saturated rings. The SMILES string of the molecule is CCNc1cncc(NCC(=O)OC)c1. The summed E-state index contributed by atoms with van der Waals surface area (Å²) in [6.07, 6.45) is 3.39. The molecular weight excluding hydrogens is 194 g/mol. The van der Waals surface area contributed by atoms with Crippen LogP contribution in [0.1, 0.15) is 6.92 Å². The summed E-state index contributed by atoms with van der Waals surface area (Å²) in [5.74, 6) is -0.302. The van der Waals surface area contributed by atoms with E-state index in [0.717, 1.165) is 17.9 Å². The molecule has 0 bridgehead atoms. The normalized spacial score (nSPS) is 9.47. The first kappa shape index (κ1) is 11.3. The van der Waals surface area contributed by atoms with Gasteiger partial charge in [0.1, 0.15) is 6.54 Å². The number of carbonyl (C=O) groups excluding carboxylic acids is 1. The lowest BCUT2D eigenvalue weighted by atomic mass is 10.3. The van der Waals surface area contributed by atoms with Crippen LogP contribution in [0.25, 0.3) is 0 Å². The largest absolute Gasteiger partial charge is 0.468 e. The molecule has 1 aromatic rings. The maximum atomic E-state index is 10.9. The number of hydrogen-bond acceptors (Lipinski definition) is 5. The minimum absolute atomic E-state index is 0.147. The van der Waals surface area contributed by atoms with Gasteiger partial charge in [0.15, 0.2) is 0 Å².